The summed E-state index contributed by atoms with van der Waals surface area (Å²) in [5.74, 6) is 1.94. The molecule has 10 rings (SSSR count). The average molecular weight is 689 g/mol. The quantitative estimate of drug-likeness (QED) is 0.163. The average Bonchev–Trinajstić information content (AvgIpc) is 3.87. The highest BCUT2D eigenvalue weighted by Crippen LogP contribution is 2.44. The number of benzene rings is 6. The molecule has 0 N–H and O–H groups in total. The van der Waals surface area contributed by atoms with Crippen molar-refractivity contribution in [2.24, 2.45) is 0 Å². The minimum Gasteiger partial charge on any atom is -0.455 e. The fourth-order valence-electron chi connectivity index (χ4n) is 7.51. The van der Waals surface area contributed by atoms with E-state index in [0.29, 0.717) is 17.5 Å². The van der Waals surface area contributed by atoms with Crippen LogP contribution in [0, 0.1) is 0 Å². The van der Waals surface area contributed by atoms with Gasteiger partial charge < -0.3 is 8.98 Å². The third-order valence-corrected chi connectivity index (χ3v) is 11.1. The SMILES string of the molecule is C/C=C(\C=C/CC)c1nc(-c2ccccc2)nc(-c2cc(-n3c4ccccc4c4c5oc6ccccc6c5ccc43)cc3c2sc2ccccc23)n1. The highest BCUT2D eigenvalue weighted by Gasteiger charge is 2.22. The van der Waals surface area contributed by atoms with Crippen LogP contribution < -0.4 is 0 Å². The number of rotatable bonds is 6. The Hall–Kier alpha value is -6.37. The number of aromatic nitrogens is 4. The molecule has 4 aromatic heterocycles. The Morgan fingerprint density at radius 3 is 2.29 bits per heavy atom. The molecule has 10 aromatic rings. The molecule has 0 fully saturated rings. The van der Waals surface area contributed by atoms with Crippen LogP contribution in [0.25, 0.3) is 98.0 Å². The molecular weight excluding hydrogens is 657 g/mol. The second-order valence-corrected chi connectivity index (χ2v) is 14.0. The molecule has 0 bridgehead atoms. The van der Waals surface area contributed by atoms with Crippen molar-refractivity contribution in [3.63, 3.8) is 0 Å². The molecule has 6 aromatic carbocycles. The van der Waals surface area contributed by atoms with E-state index in [1.165, 1.54) is 15.5 Å². The molecule has 4 heterocycles. The van der Waals surface area contributed by atoms with E-state index in [-0.39, 0.29) is 0 Å². The highest BCUT2D eigenvalue weighted by molar-refractivity contribution is 7.26. The van der Waals surface area contributed by atoms with Crippen LogP contribution in [0.2, 0.25) is 0 Å². The zero-order chi connectivity index (χ0) is 34.8. The van der Waals surface area contributed by atoms with Gasteiger partial charge >= 0.3 is 0 Å². The molecule has 0 atom stereocenters. The number of hydrogen-bond donors (Lipinski definition) is 0. The van der Waals surface area contributed by atoms with Crippen molar-refractivity contribution in [1.29, 1.82) is 0 Å². The first-order valence-corrected chi connectivity index (χ1v) is 18.5. The minimum atomic E-state index is 0.645. The van der Waals surface area contributed by atoms with E-state index in [2.05, 4.69) is 127 Å². The first-order valence-electron chi connectivity index (χ1n) is 17.6. The predicted octanol–water partition coefficient (Wildman–Crippen LogP) is 12.9. The van der Waals surface area contributed by atoms with Crippen LogP contribution in [0.1, 0.15) is 26.1 Å². The highest BCUT2D eigenvalue weighted by atomic mass is 32.1. The summed E-state index contributed by atoms with van der Waals surface area (Å²) in [6, 6.07) is 44.8. The minimum absolute atomic E-state index is 0.645. The first-order chi connectivity index (χ1) is 25.7. The van der Waals surface area contributed by atoms with Crippen LogP contribution in [0.4, 0.5) is 0 Å². The third-order valence-electron chi connectivity index (χ3n) is 9.91. The van der Waals surface area contributed by atoms with Gasteiger partial charge in [-0.2, -0.15) is 0 Å². The van der Waals surface area contributed by atoms with Gasteiger partial charge in [0, 0.05) is 58.7 Å². The van der Waals surface area contributed by atoms with Crippen LogP contribution >= 0.6 is 11.3 Å². The van der Waals surface area contributed by atoms with Crippen LogP contribution in [0.3, 0.4) is 0 Å². The summed E-state index contributed by atoms with van der Waals surface area (Å²) in [5, 5.41) is 6.88. The normalized spacial score (nSPS) is 12.5. The Balaban J connectivity index is 1.31. The van der Waals surface area contributed by atoms with Crippen LogP contribution in [0.15, 0.2) is 150 Å². The summed E-state index contributed by atoms with van der Waals surface area (Å²) < 4.78 is 11.3. The second-order valence-electron chi connectivity index (χ2n) is 13.0. The first kappa shape index (κ1) is 30.5. The number of fused-ring (bicyclic) bond motifs is 10. The van der Waals surface area contributed by atoms with Crippen LogP contribution in [0.5, 0.6) is 0 Å². The van der Waals surface area contributed by atoms with Gasteiger partial charge in [-0.15, -0.1) is 11.3 Å². The van der Waals surface area contributed by atoms with Gasteiger partial charge in [-0.05, 0) is 55.8 Å². The topological polar surface area (TPSA) is 56.7 Å². The lowest BCUT2D eigenvalue weighted by atomic mass is 10.1. The molecule has 52 heavy (non-hydrogen) atoms. The van der Waals surface area contributed by atoms with Crippen LogP contribution in [-0.4, -0.2) is 19.5 Å². The Labute approximate surface area is 303 Å². The molecule has 5 nitrogen and oxygen atoms in total. The summed E-state index contributed by atoms with van der Waals surface area (Å²) in [5.41, 5.74) is 7.91. The van der Waals surface area contributed by atoms with Crippen molar-refractivity contribution in [2.45, 2.75) is 20.3 Å². The lowest BCUT2D eigenvalue weighted by molar-refractivity contribution is 0.673. The molecule has 0 radical (unpaired) electrons. The Morgan fingerprint density at radius 2 is 1.44 bits per heavy atom. The fraction of sp³-hybridized carbons (Fsp3) is 0.0652. The lowest BCUT2D eigenvalue weighted by Crippen LogP contribution is -2.03. The van der Waals surface area contributed by atoms with Gasteiger partial charge in [0.15, 0.2) is 17.5 Å². The molecule has 6 heteroatoms. The largest absolute Gasteiger partial charge is 0.455 e. The van der Waals surface area contributed by atoms with Crippen molar-refractivity contribution in [1.82, 2.24) is 19.5 Å². The molecule has 0 amide bonds. The summed E-state index contributed by atoms with van der Waals surface area (Å²) in [6.07, 6.45) is 7.25. The molecule has 0 spiro atoms. The van der Waals surface area contributed by atoms with Crippen molar-refractivity contribution in [3.05, 3.63) is 151 Å². The number of hydrogen-bond acceptors (Lipinski definition) is 5. The Morgan fingerprint density at radius 1 is 0.692 bits per heavy atom. The molecular formula is C46H32N4OS. The molecule has 0 saturated carbocycles. The van der Waals surface area contributed by atoms with E-state index >= 15 is 0 Å². The summed E-state index contributed by atoms with van der Waals surface area (Å²) >= 11 is 1.78. The van der Waals surface area contributed by atoms with Gasteiger partial charge in [0.05, 0.1) is 16.4 Å². The summed E-state index contributed by atoms with van der Waals surface area (Å²) in [4.78, 5) is 15.5. The molecule has 0 aliphatic rings. The van der Waals surface area contributed by atoms with Crippen molar-refractivity contribution in [2.75, 3.05) is 0 Å². The van der Waals surface area contributed by atoms with E-state index in [1.807, 2.05) is 37.3 Å². The van der Waals surface area contributed by atoms with Gasteiger partial charge in [0.25, 0.3) is 0 Å². The van der Waals surface area contributed by atoms with Gasteiger partial charge in [0.2, 0.25) is 0 Å². The van der Waals surface area contributed by atoms with Crippen molar-refractivity contribution < 1.29 is 4.42 Å². The summed E-state index contributed by atoms with van der Waals surface area (Å²) in [6.45, 7) is 4.17. The molecule has 0 aliphatic heterocycles. The number of allylic oxidation sites excluding steroid dienone is 4. The van der Waals surface area contributed by atoms with E-state index in [0.717, 1.165) is 77.3 Å². The van der Waals surface area contributed by atoms with Crippen LogP contribution in [-0.2, 0) is 0 Å². The Bertz CT molecular complexity index is 3070. The second kappa shape index (κ2) is 12.1. The van der Waals surface area contributed by atoms with Gasteiger partial charge in [-0.3, -0.25) is 0 Å². The van der Waals surface area contributed by atoms with E-state index in [4.69, 9.17) is 19.4 Å². The number of thiophene rings is 1. The fourth-order valence-corrected chi connectivity index (χ4v) is 8.70. The maximum absolute atomic E-state index is 6.61. The zero-order valence-electron chi connectivity index (χ0n) is 28.7. The maximum Gasteiger partial charge on any atom is 0.165 e. The number of para-hydroxylation sites is 2. The molecule has 0 unspecified atom stereocenters. The standard InChI is InChI=1S/C46H32N4OS/c1-3-5-15-28(4-2)44-47-45(29-16-7-6-8-17-29)49-46(48-44)36-27-30(26-35-32-19-11-14-23-40(32)52-43(35)36)50-37-21-12-9-20-34(37)41-38(50)25-24-33-31-18-10-13-22-39(31)51-42(33)41/h4-27H,3H2,1-2H3/b15-5-,28-4+. The van der Waals surface area contributed by atoms with E-state index in [1.54, 1.807) is 11.3 Å². The van der Waals surface area contributed by atoms with Gasteiger partial charge in [-0.1, -0.05) is 110 Å². The number of furan rings is 1. The van der Waals surface area contributed by atoms with E-state index < -0.39 is 0 Å². The Kier molecular flexibility index (Phi) is 7.11. The lowest BCUT2D eigenvalue weighted by Gasteiger charge is -2.13. The van der Waals surface area contributed by atoms with Gasteiger partial charge in [-0.25, -0.2) is 15.0 Å². The zero-order valence-corrected chi connectivity index (χ0v) is 29.5. The van der Waals surface area contributed by atoms with Gasteiger partial charge in [0.1, 0.15) is 11.2 Å². The molecule has 248 valence electrons. The summed E-state index contributed by atoms with van der Waals surface area (Å²) in [7, 11) is 0. The third kappa shape index (κ3) is 4.72. The predicted molar refractivity (Wildman–Crippen MR) is 218 cm³/mol. The van der Waals surface area contributed by atoms with E-state index in [9.17, 15) is 0 Å². The monoisotopic (exact) mass is 688 g/mol. The number of nitrogens with zero attached hydrogens (tertiary/aromatic N) is 4. The van der Waals surface area contributed by atoms with Crippen molar-refractivity contribution >= 4 is 80.8 Å². The smallest absolute Gasteiger partial charge is 0.165 e. The van der Waals surface area contributed by atoms with Crippen molar-refractivity contribution in [3.8, 4) is 28.5 Å². The molecule has 0 aliphatic carbocycles. The molecule has 0 saturated heterocycles. The maximum atomic E-state index is 6.61.